The highest BCUT2D eigenvalue weighted by Gasteiger charge is 2.37. The Morgan fingerprint density at radius 1 is 1.21 bits per heavy atom. The molecule has 0 saturated heterocycles. The summed E-state index contributed by atoms with van der Waals surface area (Å²) in [6.07, 6.45) is 0.884. The Kier molecular flexibility index (Phi) is 6.06. The minimum atomic E-state index is -0.646. The van der Waals surface area contributed by atoms with Crippen molar-refractivity contribution in [1.29, 1.82) is 0 Å². The number of nitrogens with zero attached hydrogens (tertiary/aromatic N) is 1. The molecule has 0 radical (unpaired) electrons. The van der Waals surface area contributed by atoms with Gasteiger partial charge in [-0.1, -0.05) is 26.0 Å². The van der Waals surface area contributed by atoms with Gasteiger partial charge in [-0.25, -0.2) is 0 Å². The number of carbonyl (C=O) groups is 2. The number of fused-ring (bicyclic) bond motifs is 2. The number of furan rings is 1. The summed E-state index contributed by atoms with van der Waals surface area (Å²) in [5, 5.41) is 3.65. The molecular weight excluding hydrogens is 420 g/mol. The van der Waals surface area contributed by atoms with Gasteiger partial charge in [0.1, 0.15) is 12.4 Å². The van der Waals surface area contributed by atoms with Gasteiger partial charge in [0, 0.05) is 23.7 Å². The molecule has 3 aromatic rings. The molecule has 33 heavy (non-hydrogen) atoms. The van der Waals surface area contributed by atoms with E-state index in [1.54, 1.807) is 36.3 Å². The van der Waals surface area contributed by atoms with Crippen molar-refractivity contribution in [1.82, 2.24) is 0 Å². The lowest BCUT2D eigenvalue weighted by Gasteiger charge is -2.28. The Morgan fingerprint density at radius 2 is 2.00 bits per heavy atom. The summed E-state index contributed by atoms with van der Waals surface area (Å²) in [4.78, 5) is 27.9. The molecule has 7 heteroatoms. The number of rotatable bonds is 6. The molecule has 1 N–H and O–H groups in total. The number of hydrogen-bond acceptors (Lipinski definition) is 5. The molecule has 174 valence electrons. The molecule has 0 atom stereocenters. The molecule has 4 rings (SSSR count). The first-order valence-corrected chi connectivity index (χ1v) is 11.2. The van der Waals surface area contributed by atoms with Gasteiger partial charge in [0.2, 0.25) is 5.91 Å². The summed E-state index contributed by atoms with van der Waals surface area (Å²) in [6.45, 7) is 8.93. The highest BCUT2D eigenvalue weighted by Crippen LogP contribution is 2.38. The lowest BCUT2D eigenvalue weighted by Crippen LogP contribution is -2.42. The summed E-state index contributed by atoms with van der Waals surface area (Å²) >= 11 is 0. The fourth-order valence-electron chi connectivity index (χ4n) is 3.84. The molecule has 0 fully saturated rings. The second kappa shape index (κ2) is 8.81. The van der Waals surface area contributed by atoms with Crippen LogP contribution in [0.25, 0.3) is 11.0 Å². The second-order valence-electron chi connectivity index (χ2n) is 9.44. The van der Waals surface area contributed by atoms with Crippen LogP contribution in [0.5, 0.6) is 11.5 Å². The smallest absolute Gasteiger partial charge is 0.291 e. The molecule has 1 aliphatic rings. The van der Waals surface area contributed by atoms with Gasteiger partial charge >= 0.3 is 0 Å². The number of nitrogens with one attached hydrogen (secondary N) is 1. The van der Waals surface area contributed by atoms with E-state index in [-0.39, 0.29) is 24.2 Å². The highest BCUT2D eigenvalue weighted by molar-refractivity contribution is 6.06. The molecule has 0 bridgehead atoms. The minimum absolute atomic E-state index is 0.0370. The number of carbonyl (C=O) groups excluding carboxylic acids is 2. The van der Waals surface area contributed by atoms with E-state index in [9.17, 15) is 9.59 Å². The van der Waals surface area contributed by atoms with E-state index in [2.05, 4.69) is 19.2 Å². The van der Waals surface area contributed by atoms with E-state index in [4.69, 9.17) is 13.9 Å². The molecule has 0 saturated carbocycles. The van der Waals surface area contributed by atoms with Crippen LogP contribution in [0.15, 0.2) is 46.9 Å². The molecule has 2 amide bonds. The van der Waals surface area contributed by atoms with Crippen molar-refractivity contribution in [2.45, 2.75) is 34.1 Å². The number of ether oxygens (including phenoxy) is 2. The van der Waals surface area contributed by atoms with Crippen LogP contribution in [0.4, 0.5) is 11.4 Å². The molecule has 7 nitrogen and oxygen atoms in total. The van der Waals surface area contributed by atoms with Gasteiger partial charge < -0.3 is 24.1 Å². The van der Waals surface area contributed by atoms with Crippen LogP contribution >= 0.6 is 0 Å². The first-order valence-electron chi connectivity index (χ1n) is 11.2. The van der Waals surface area contributed by atoms with Crippen molar-refractivity contribution in [3.63, 3.8) is 0 Å². The van der Waals surface area contributed by atoms with Crippen LogP contribution in [0, 0.1) is 11.3 Å². The molecular formula is C26H30N2O5. The van der Waals surface area contributed by atoms with Crippen molar-refractivity contribution < 1.29 is 23.5 Å². The highest BCUT2D eigenvalue weighted by atomic mass is 16.5. The number of amides is 2. The third-order valence-corrected chi connectivity index (χ3v) is 5.80. The fraction of sp³-hybridized carbons (Fsp3) is 0.385. The van der Waals surface area contributed by atoms with Crippen LogP contribution in [0.2, 0.25) is 0 Å². The minimum Gasteiger partial charge on any atom is -0.493 e. The molecule has 1 aromatic heterocycles. The van der Waals surface area contributed by atoms with Gasteiger partial charge in [-0.15, -0.1) is 0 Å². The molecule has 0 aliphatic carbocycles. The summed E-state index contributed by atoms with van der Waals surface area (Å²) < 4.78 is 17.1. The fourth-order valence-corrected chi connectivity index (χ4v) is 3.84. The van der Waals surface area contributed by atoms with Crippen LogP contribution in [-0.4, -0.2) is 32.1 Å². The second-order valence-corrected chi connectivity index (χ2v) is 9.44. The van der Waals surface area contributed by atoms with Crippen molar-refractivity contribution in [2.75, 3.05) is 30.5 Å². The molecule has 0 spiro atoms. The first-order chi connectivity index (χ1) is 15.7. The Hall–Kier alpha value is -3.48. The zero-order valence-electron chi connectivity index (χ0n) is 19.7. The molecule has 1 aliphatic heterocycles. The van der Waals surface area contributed by atoms with Gasteiger partial charge in [-0.3, -0.25) is 9.59 Å². The molecule has 2 heterocycles. The molecule has 2 aromatic carbocycles. The number of anilines is 2. The van der Waals surface area contributed by atoms with E-state index in [1.165, 1.54) is 0 Å². The number of methoxy groups -OCH3 is 1. The van der Waals surface area contributed by atoms with Crippen LogP contribution in [0.3, 0.4) is 0 Å². The van der Waals surface area contributed by atoms with Crippen LogP contribution < -0.4 is 19.7 Å². The van der Waals surface area contributed by atoms with Crippen LogP contribution in [0.1, 0.15) is 44.7 Å². The SMILES string of the molecule is COc1cccc2cc(C(=O)Nc3ccc4c(c3)OCC(C)(C)C(=O)N4CCC(C)C)oc12. The Morgan fingerprint density at radius 3 is 2.73 bits per heavy atom. The predicted molar refractivity (Wildman–Crippen MR) is 128 cm³/mol. The van der Waals surface area contributed by atoms with Crippen molar-refractivity contribution >= 4 is 34.2 Å². The Balaban J connectivity index is 1.60. The zero-order chi connectivity index (χ0) is 23.8. The number of para-hydroxylation sites is 1. The normalized spacial score (nSPS) is 15.2. The average molecular weight is 451 g/mol. The topological polar surface area (TPSA) is 81.0 Å². The van der Waals surface area contributed by atoms with Gasteiger partial charge in [0.15, 0.2) is 17.1 Å². The van der Waals surface area contributed by atoms with Crippen molar-refractivity contribution in [3.05, 3.63) is 48.2 Å². The van der Waals surface area contributed by atoms with E-state index in [1.807, 2.05) is 32.0 Å². The standard InChI is InChI=1S/C26H30N2O5/c1-16(2)11-12-28-19-10-9-18(14-21(19)32-15-26(3,4)25(28)30)27-24(29)22-13-17-7-6-8-20(31-5)23(17)33-22/h6-10,13-14,16H,11-12,15H2,1-5H3,(H,27,29). The van der Waals surface area contributed by atoms with Crippen molar-refractivity contribution in [2.24, 2.45) is 11.3 Å². The predicted octanol–water partition coefficient (Wildman–Crippen LogP) is 5.49. The Labute approximate surface area is 193 Å². The molecule has 0 unspecified atom stereocenters. The maximum atomic E-state index is 13.2. The summed E-state index contributed by atoms with van der Waals surface area (Å²) in [5.74, 6) is 1.44. The first kappa shape index (κ1) is 22.7. The van der Waals surface area contributed by atoms with Crippen molar-refractivity contribution in [3.8, 4) is 11.5 Å². The van der Waals surface area contributed by atoms with E-state index in [0.29, 0.717) is 35.2 Å². The third-order valence-electron chi connectivity index (χ3n) is 5.80. The average Bonchev–Trinajstić information content (AvgIpc) is 3.19. The summed E-state index contributed by atoms with van der Waals surface area (Å²) in [5.41, 5.74) is 1.16. The largest absolute Gasteiger partial charge is 0.493 e. The maximum absolute atomic E-state index is 13.2. The summed E-state index contributed by atoms with van der Waals surface area (Å²) in [6, 6.07) is 12.5. The van der Waals surface area contributed by atoms with Crippen LogP contribution in [-0.2, 0) is 4.79 Å². The lowest BCUT2D eigenvalue weighted by atomic mass is 9.92. The van der Waals surface area contributed by atoms with E-state index in [0.717, 1.165) is 17.5 Å². The lowest BCUT2D eigenvalue weighted by molar-refractivity contribution is -0.127. The van der Waals surface area contributed by atoms with E-state index < -0.39 is 5.41 Å². The number of hydrogen-bond donors (Lipinski definition) is 1. The van der Waals surface area contributed by atoms with E-state index >= 15 is 0 Å². The Bertz CT molecular complexity index is 1190. The summed E-state index contributed by atoms with van der Waals surface area (Å²) in [7, 11) is 1.56. The quantitative estimate of drug-likeness (QED) is 0.537. The monoisotopic (exact) mass is 450 g/mol. The maximum Gasteiger partial charge on any atom is 0.291 e. The van der Waals surface area contributed by atoms with Gasteiger partial charge in [0.25, 0.3) is 5.91 Å². The van der Waals surface area contributed by atoms with Gasteiger partial charge in [-0.05, 0) is 50.5 Å². The third kappa shape index (κ3) is 4.53. The number of benzene rings is 2. The zero-order valence-corrected chi connectivity index (χ0v) is 19.7. The van der Waals surface area contributed by atoms with Gasteiger partial charge in [0.05, 0.1) is 18.2 Å². The van der Waals surface area contributed by atoms with Gasteiger partial charge in [-0.2, -0.15) is 0 Å².